The molecule has 3 rings (SSSR count). The van der Waals surface area contributed by atoms with Gasteiger partial charge in [-0.3, -0.25) is 14.6 Å². The van der Waals surface area contributed by atoms with Gasteiger partial charge in [-0.2, -0.15) is 0 Å². The van der Waals surface area contributed by atoms with E-state index < -0.39 is 0 Å². The molecule has 0 atom stereocenters. The van der Waals surface area contributed by atoms with Crippen LogP contribution < -0.4 is 5.32 Å². The number of benzene rings is 1. The Bertz CT molecular complexity index is 873. The Balaban J connectivity index is 1.69. The van der Waals surface area contributed by atoms with E-state index in [2.05, 4.69) is 11.4 Å². The Kier molecular flexibility index (Phi) is 6.99. The van der Waals surface area contributed by atoms with Gasteiger partial charge < -0.3 is 15.0 Å². The first-order valence-electron chi connectivity index (χ1n) is 10.1. The van der Waals surface area contributed by atoms with Crippen LogP contribution in [0.4, 0.5) is 0 Å². The molecule has 1 aromatic heterocycles. The molecule has 6 nitrogen and oxygen atoms in total. The van der Waals surface area contributed by atoms with Gasteiger partial charge in [-0.25, -0.2) is 0 Å². The van der Waals surface area contributed by atoms with Crippen molar-refractivity contribution >= 4 is 11.8 Å². The van der Waals surface area contributed by atoms with Gasteiger partial charge in [-0.1, -0.05) is 29.8 Å². The van der Waals surface area contributed by atoms with Crippen molar-refractivity contribution in [3.05, 3.63) is 64.5 Å². The molecule has 0 radical (unpaired) electrons. The average molecular weight is 396 g/mol. The number of ether oxygens (including phenoxy) is 1. The van der Waals surface area contributed by atoms with Gasteiger partial charge in [-0.05, 0) is 44.4 Å². The highest BCUT2D eigenvalue weighted by Crippen LogP contribution is 2.29. The van der Waals surface area contributed by atoms with Crippen molar-refractivity contribution in [1.82, 2.24) is 15.2 Å². The van der Waals surface area contributed by atoms with Crippen LogP contribution in [-0.4, -0.2) is 48.5 Å². The average Bonchev–Trinajstić information content (AvgIpc) is 2.72. The summed E-state index contributed by atoms with van der Waals surface area (Å²) in [6, 6.07) is 11.9. The Labute approximate surface area is 172 Å². The number of carbonyl (C=O) groups is 2. The number of methoxy groups -OCH3 is 1. The Morgan fingerprint density at radius 3 is 2.62 bits per heavy atom. The third-order valence-electron chi connectivity index (χ3n) is 5.35. The van der Waals surface area contributed by atoms with E-state index >= 15 is 0 Å². The summed E-state index contributed by atoms with van der Waals surface area (Å²) < 4.78 is 4.95. The summed E-state index contributed by atoms with van der Waals surface area (Å²) in [5, 5.41) is 3.03. The van der Waals surface area contributed by atoms with Gasteiger partial charge in [0.05, 0.1) is 11.3 Å². The lowest BCUT2D eigenvalue weighted by atomic mass is 9.89. The Morgan fingerprint density at radius 2 is 1.93 bits per heavy atom. The summed E-state index contributed by atoms with van der Waals surface area (Å²) in [6.07, 6.45) is 1.59. The first-order chi connectivity index (χ1) is 14.0. The van der Waals surface area contributed by atoms with Gasteiger partial charge in [0.15, 0.2) is 0 Å². The molecule has 0 aliphatic carbocycles. The maximum Gasteiger partial charge on any atom is 0.253 e. The van der Waals surface area contributed by atoms with E-state index in [9.17, 15) is 9.59 Å². The SMILES string of the molecule is COCC(=O)N1CCC(c2nc(C)ccc2C(=O)NCc2cccc(C)c2)CC1. The van der Waals surface area contributed by atoms with Crippen molar-refractivity contribution in [3.8, 4) is 0 Å². The van der Waals surface area contributed by atoms with E-state index in [0.717, 1.165) is 29.8 Å². The van der Waals surface area contributed by atoms with Crippen LogP contribution in [0.3, 0.4) is 0 Å². The molecule has 0 saturated carbocycles. The molecule has 0 unspecified atom stereocenters. The lowest BCUT2D eigenvalue weighted by Crippen LogP contribution is -2.40. The molecule has 1 aliphatic rings. The minimum absolute atomic E-state index is 0.0132. The molecule has 1 fully saturated rings. The Morgan fingerprint density at radius 1 is 1.17 bits per heavy atom. The quantitative estimate of drug-likeness (QED) is 0.816. The fourth-order valence-corrected chi connectivity index (χ4v) is 3.80. The number of hydrogen-bond acceptors (Lipinski definition) is 4. The number of nitrogens with zero attached hydrogens (tertiary/aromatic N) is 2. The predicted octanol–water partition coefficient (Wildman–Crippen LogP) is 2.98. The second-order valence-corrected chi connectivity index (χ2v) is 7.65. The van der Waals surface area contributed by atoms with Gasteiger partial charge in [-0.15, -0.1) is 0 Å². The maximum absolute atomic E-state index is 12.9. The van der Waals surface area contributed by atoms with Crippen molar-refractivity contribution in [2.45, 2.75) is 39.2 Å². The number of carbonyl (C=O) groups excluding carboxylic acids is 2. The van der Waals surface area contributed by atoms with Gasteiger partial charge in [0.25, 0.3) is 5.91 Å². The standard InChI is InChI=1S/C23H29N3O3/c1-16-5-4-6-18(13-16)14-24-23(28)20-8-7-17(2)25-22(20)19-9-11-26(12-10-19)21(27)15-29-3/h4-8,13,19H,9-12,14-15H2,1-3H3,(H,24,28). The first kappa shape index (κ1) is 21.0. The molecular formula is C23H29N3O3. The zero-order valence-corrected chi connectivity index (χ0v) is 17.4. The maximum atomic E-state index is 12.9. The zero-order valence-electron chi connectivity index (χ0n) is 17.4. The molecule has 1 aliphatic heterocycles. The second kappa shape index (κ2) is 9.65. The molecule has 0 bridgehead atoms. The van der Waals surface area contributed by atoms with Crippen LogP contribution in [0, 0.1) is 13.8 Å². The van der Waals surface area contributed by atoms with Gasteiger partial charge in [0.1, 0.15) is 6.61 Å². The monoisotopic (exact) mass is 395 g/mol. The van der Waals surface area contributed by atoms with Gasteiger partial charge in [0.2, 0.25) is 5.91 Å². The molecule has 2 heterocycles. The van der Waals surface area contributed by atoms with Gasteiger partial charge >= 0.3 is 0 Å². The number of aromatic nitrogens is 1. The highest BCUT2D eigenvalue weighted by Gasteiger charge is 2.27. The number of aryl methyl sites for hydroxylation is 2. The lowest BCUT2D eigenvalue weighted by molar-refractivity contribution is -0.136. The molecule has 1 saturated heterocycles. The fourth-order valence-electron chi connectivity index (χ4n) is 3.80. The Hall–Kier alpha value is -2.73. The minimum atomic E-state index is -0.105. The van der Waals surface area contributed by atoms with Crippen molar-refractivity contribution in [3.63, 3.8) is 0 Å². The van der Waals surface area contributed by atoms with E-state index in [4.69, 9.17) is 9.72 Å². The smallest absolute Gasteiger partial charge is 0.253 e. The number of likely N-dealkylation sites (tertiary alicyclic amines) is 1. The second-order valence-electron chi connectivity index (χ2n) is 7.65. The molecule has 1 aromatic carbocycles. The summed E-state index contributed by atoms with van der Waals surface area (Å²) in [5.41, 5.74) is 4.61. The summed E-state index contributed by atoms with van der Waals surface area (Å²) in [7, 11) is 1.53. The van der Waals surface area contributed by atoms with Crippen LogP contribution in [0.15, 0.2) is 36.4 Å². The van der Waals surface area contributed by atoms with E-state index in [-0.39, 0.29) is 24.3 Å². The van der Waals surface area contributed by atoms with Crippen molar-refractivity contribution < 1.29 is 14.3 Å². The highest BCUT2D eigenvalue weighted by atomic mass is 16.5. The molecule has 154 valence electrons. The topological polar surface area (TPSA) is 71.5 Å². The molecule has 2 aromatic rings. The molecule has 6 heteroatoms. The van der Waals surface area contributed by atoms with Crippen molar-refractivity contribution in [1.29, 1.82) is 0 Å². The minimum Gasteiger partial charge on any atom is -0.375 e. The largest absolute Gasteiger partial charge is 0.375 e. The number of nitrogens with one attached hydrogen (secondary N) is 1. The first-order valence-corrected chi connectivity index (χ1v) is 10.1. The van der Waals surface area contributed by atoms with E-state index in [1.165, 1.54) is 12.7 Å². The number of rotatable bonds is 6. The molecular weight excluding hydrogens is 366 g/mol. The number of pyridine rings is 1. The number of amides is 2. The van der Waals surface area contributed by atoms with E-state index in [1.54, 1.807) is 0 Å². The van der Waals surface area contributed by atoms with Crippen LogP contribution in [0.1, 0.15) is 51.6 Å². The number of hydrogen-bond donors (Lipinski definition) is 1. The van der Waals surface area contributed by atoms with Crippen molar-refractivity contribution in [2.24, 2.45) is 0 Å². The highest BCUT2D eigenvalue weighted by molar-refractivity contribution is 5.95. The number of piperidine rings is 1. The zero-order chi connectivity index (χ0) is 20.8. The van der Waals surface area contributed by atoms with E-state index in [1.807, 2.05) is 49.1 Å². The fraction of sp³-hybridized carbons (Fsp3) is 0.435. The van der Waals surface area contributed by atoms with E-state index in [0.29, 0.717) is 25.2 Å². The van der Waals surface area contributed by atoms with Crippen LogP contribution in [0.2, 0.25) is 0 Å². The third-order valence-corrected chi connectivity index (χ3v) is 5.35. The third kappa shape index (κ3) is 5.41. The molecule has 29 heavy (non-hydrogen) atoms. The van der Waals surface area contributed by atoms with Crippen LogP contribution in [0.25, 0.3) is 0 Å². The summed E-state index contributed by atoms with van der Waals surface area (Å²) >= 11 is 0. The normalized spacial score (nSPS) is 14.7. The summed E-state index contributed by atoms with van der Waals surface area (Å²) in [6.45, 7) is 5.89. The van der Waals surface area contributed by atoms with Crippen LogP contribution >= 0.6 is 0 Å². The summed E-state index contributed by atoms with van der Waals surface area (Å²) in [5.74, 6) is 0.0763. The van der Waals surface area contributed by atoms with Crippen molar-refractivity contribution in [2.75, 3.05) is 26.8 Å². The molecule has 2 amide bonds. The lowest BCUT2D eigenvalue weighted by Gasteiger charge is -2.32. The van der Waals surface area contributed by atoms with Gasteiger partial charge in [0, 0.05) is 38.4 Å². The van der Waals surface area contributed by atoms with Crippen LogP contribution in [-0.2, 0) is 16.1 Å². The van der Waals surface area contributed by atoms with Crippen LogP contribution in [0.5, 0.6) is 0 Å². The molecule has 0 spiro atoms. The predicted molar refractivity (Wildman–Crippen MR) is 112 cm³/mol. The summed E-state index contributed by atoms with van der Waals surface area (Å²) in [4.78, 5) is 31.5. The molecule has 1 N–H and O–H groups in total.